The van der Waals surface area contributed by atoms with Gasteiger partial charge in [0.2, 0.25) is 5.91 Å². The fraction of sp³-hybridized carbons (Fsp3) is 0.650. The van der Waals surface area contributed by atoms with Crippen LogP contribution < -0.4 is 5.32 Å². The lowest BCUT2D eigenvalue weighted by atomic mass is 9.70. The van der Waals surface area contributed by atoms with Crippen LogP contribution in [0, 0.1) is 0 Å². The summed E-state index contributed by atoms with van der Waals surface area (Å²) >= 11 is 0. The average molecular weight is 330 g/mol. The molecule has 1 heterocycles. The molecule has 1 saturated heterocycles. The maximum atomic E-state index is 12.6. The molecule has 4 nitrogen and oxygen atoms in total. The summed E-state index contributed by atoms with van der Waals surface area (Å²) in [7, 11) is 0. The highest BCUT2D eigenvalue weighted by atomic mass is 16.3. The number of phenols is 1. The molecule has 1 aromatic rings. The zero-order valence-corrected chi connectivity index (χ0v) is 14.8. The van der Waals surface area contributed by atoms with Crippen LogP contribution in [0.4, 0.5) is 0 Å². The van der Waals surface area contributed by atoms with Gasteiger partial charge in [0, 0.05) is 11.5 Å². The quantitative estimate of drug-likeness (QED) is 0.889. The highest BCUT2D eigenvalue weighted by Crippen LogP contribution is 2.41. The van der Waals surface area contributed by atoms with Crippen molar-refractivity contribution in [2.75, 3.05) is 19.6 Å². The molecule has 0 aromatic heterocycles. The van der Waals surface area contributed by atoms with Gasteiger partial charge < -0.3 is 10.4 Å². The molecule has 0 bridgehead atoms. The summed E-state index contributed by atoms with van der Waals surface area (Å²) in [6.07, 6.45) is 8.17. The highest BCUT2D eigenvalue weighted by molar-refractivity contribution is 5.79. The maximum absolute atomic E-state index is 12.6. The van der Waals surface area contributed by atoms with Crippen LogP contribution in [-0.2, 0) is 4.79 Å². The van der Waals surface area contributed by atoms with Crippen LogP contribution in [-0.4, -0.2) is 41.1 Å². The van der Waals surface area contributed by atoms with Crippen LogP contribution in [0.3, 0.4) is 0 Å². The van der Waals surface area contributed by atoms with E-state index in [1.54, 1.807) is 12.1 Å². The molecular formula is C20H30N2O2. The van der Waals surface area contributed by atoms with E-state index in [4.69, 9.17) is 0 Å². The maximum Gasteiger partial charge on any atom is 0.234 e. The van der Waals surface area contributed by atoms with Crippen LogP contribution in [0.15, 0.2) is 24.3 Å². The molecule has 24 heavy (non-hydrogen) atoms. The van der Waals surface area contributed by atoms with Crippen molar-refractivity contribution < 1.29 is 9.90 Å². The molecule has 1 aliphatic carbocycles. The molecule has 2 atom stereocenters. The molecule has 2 N–H and O–H groups in total. The van der Waals surface area contributed by atoms with Gasteiger partial charge >= 0.3 is 0 Å². The van der Waals surface area contributed by atoms with Crippen molar-refractivity contribution in [3.63, 3.8) is 0 Å². The predicted molar refractivity (Wildman–Crippen MR) is 96.2 cm³/mol. The van der Waals surface area contributed by atoms with Gasteiger partial charge in [-0.1, -0.05) is 31.4 Å². The molecule has 0 spiro atoms. The van der Waals surface area contributed by atoms with E-state index in [2.05, 4.69) is 17.1 Å². The second-order valence-corrected chi connectivity index (χ2v) is 7.69. The van der Waals surface area contributed by atoms with Crippen molar-refractivity contribution in [3.8, 4) is 5.75 Å². The Labute approximate surface area is 145 Å². The molecule has 2 aliphatic rings. The van der Waals surface area contributed by atoms with E-state index >= 15 is 0 Å². The number of nitrogens with zero attached hydrogens (tertiary/aromatic N) is 1. The van der Waals surface area contributed by atoms with E-state index in [0.29, 0.717) is 18.2 Å². The van der Waals surface area contributed by atoms with Crippen LogP contribution >= 0.6 is 0 Å². The Bertz CT molecular complexity index is 551. The van der Waals surface area contributed by atoms with Crippen LogP contribution in [0.1, 0.15) is 63.4 Å². The molecule has 1 amide bonds. The van der Waals surface area contributed by atoms with E-state index < -0.39 is 0 Å². The zero-order chi connectivity index (χ0) is 17.0. The van der Waals surface area contributed by atoms with E-state index in [0.717, 1.165) is 32.4 Å². The van der Waals surface area contributed by atoms with Crippen LogP contribution in [0.25, 0.3) is 0 Å². The number of amides is 1. The predicted octanol–water partition coefficient (Wildman–Crippen LogP) is 3.41. The van der Waals surface area contributed by atoms with Gasteiger partial charge in [-0.3, -0.25) is 9.69 Å². The van der Waals surface area contributed by atoms with Gasteiger partial charge in [0.1, 0.15) is 5.75 Å². The summed E-state index contributed by atoms with van der Waals surface area (Å²) in [5.74, 6) is 0.771. The van der Waals surface area contributed by atoms with Crippen molar-refractivity contribution in [2.45, 2.75) is 63.3 Å². The van der Waals surface area contributed by atoms with Gasteiger partial charge in [-0.2, -0.15) is 0 Å². The van der Waals surface area contributed by atoms with Gasteiger partial charge in [0.25, 0.3) is 0 Å². The number of aromatic hydroxyl groups is 1. The first-order valence-corrected chi connectivity index (χ1v) is 9.39. The number of likely N-dealkylation sites (tertiary alicyclic amines) is 1. The normalized spacial score (nSPS) is 28.5. The Morgan fingerprint density at radius 3 is 2.58 bits per heavy atom. The molecular weight excluding hydrogens is 300 g/mol. The zero-order valence-electron chi connectivity index (χ0n) is 14.8. The van der Waals surface area contributed by atoms with Crippen molar-refractivity contribution in [2.24, 2.45) is 0 Å². The standard InChI is InChI=1S/C20H30N2O2/c1-20(21-19(24)15-22-13-5-2-6-14-22)12-4-3-7-18(20)16-8-10-17(23)11-9-16/h8-11,18,23H,2-7,12-15H2,1H3,(H,21,24)/t18-,20+/m0/s1. The summed E-state index contributed by atoms with van der Waals surface area (Å²) in [4.78, 5) is 14.9. The fourth-order valence-electron chi connectivity index (χ4n) is 4.40. The number of hydrogen-bond donors (Lipinski definition) is 2. The van der Waals surface area contributed by atoms with Crippen molar-refractivity contribution in [1.29, 1.82) is 0 Å². The van der Waals surface area contributed by atoms with E-state index in [1.807, 2.05) is 12.1 Å². The number of carbonyl (C=O) groups excluding carboxylic acids is 1. The molecule has 2 fully saturated rings. The molecule has 1 aromatic carbocycles. The first kappa shape index (κ1) is 17.3. The molecule has 132 valence electrons. The third kappa shape index (κ3) is 4.10. The summed E-state index contributed by atoms with van der Waals surface area (Å²) in [6, 6.07) is 7.50. The van der Waals surface area contributed by atoms with Crippen molar-refractivity contribution in [3.05, 3.63) is 29.8 Å². The van der Waals surface area contributed by atoms with Crippen LogP contribution in [0.5, 0.6) is 5.75 Å². The number of benzene rings is 1. The van der Waals surface area contributed by atoms with E-state index in [1.165, 1.54) is 31.2 Å². The minimum atomic E-state index is -0.192. The van der Waals surface area contributed by atoms with E-state index in [-0.39, 0.29) is 11.4 Å². The van der Waals surface area contributed by atoms with Gasteiger partial charge in [-0.05, 0) is 63.4 Å². The molecule has 1 saturated carbocycles. The Morgan fingerprint density at radius 2 is 1.88 bits per heavy atom. The number of phenolic OH excluding ortho intramolecular Hbond substituents is 1. The minimum Gasteiger partial charge on any atom is -0.508 e. The number of hydrogen-bond acceptors (Lipinski definition) is 3. The Balaban J connectivity index is 1.67. The number of carbonyl (C=O) groups is 1. The fourth-order valence-corrected chi connectivity index (χ4v) is 4.40. The number of nitrogens with one attached hydrogen (secondary N) is 1. The van der Waals surface area contributed by atoms with Crippen molar-refractivity contribution >= 4 is 5.91 Å². The second kappa shape index (κ2) is 7.56. The SMILES string of the molecule is C[C@@]1(NC(=O)CN2CCCCC2)CCCC[C@H]1c1ccc(O)cc1. The number of rotatable bonds is 4. The minimum absolute atomic E-state index is 0.157. The van der Waals surface area contributed by atoms with Gasteiger partial charge in [-0.15, -0.1) is 0 Å². The molecule has 0 unspecified atom stereocenters. The first-order valence-electron chi connectivity index (χ1n) is 9.39. The van der Waals surface area contributed by atoms with Gasteiger partial charge in [-0.25, -0.2) is 0 Å². The van der Waals surface area contributed by atoms with Crippen LogP contribution in [0.2, 0.25) is 0 Å². The third-order valence-corrected chi connectivity index (χ3v) is 5.74. The molecule has 3 rings (SSSR count). The largest absolute Gasteiger partial charge is 0.508 e. The molecule has 1 aliphatic heterocycles. The Kier molecular flexibility index (Phi) is 5.44. The van der Waals surface area contributed by atoms with Crippen molar-refractivity contribution in [1.82, 2.24) is 10.2 Å². The number of piperidine rings is 1. The first-order chi connectivity index (χ1) is 11.6. The third-order valence-electron chi connectivity index (χ3n) is 5.74. The lowest BCUT2D eigenvalue weighted by molar-refractivity contribution is -0.124. The summed E-state index contributed by atoms with van der Waals surface area (Å²) in [5, 5.41) is 12.9. The topological polar surface area (TPSA) is 52.6 Å². The second-order valence-electron chi connectivity index (χ2n) is 7.69. The average Bonchev–Trinajstić information content (AvgIpc) is 2.57. The lowest BCUT2D eigenvalue weighted by Gasteiger charge is -2.43. The lowest BCUT2D eigenvalue weighted by Crippen LogP contribution is -2.54. The van der Waals surface area contributed by atoms with Gasteiger partial charge in [0.15, 0.2) is 0 Å². The Hall–Kier alpha value is -1.55. The highest BCUT2D eigenvalue weighted by Gasteiger charge is 2.38. The van der Waals surface area contributed by atoms with E-state index in [9.17, 15) is 9.90 Å². The summed E-state index contributed by atoms with van der Waals surface area (Å²) in [5.41, 5.74) is 1.02. The molecule has 0 radical (unpaired) electrons. The Morgan fingerprint density at radius 1 is 1.17 bits per heavy atom. The monoisotopic (exact) mass is 330 g/mol. The molecule has 4 heteroatoms. The summed E-state index contributed by atoms with van der Waals surface area (Å²) in [6.45, 7) is 4.81. The summed E-state index contributed by atoms with van der Waals surface area (Å²) < 4.78 is 0. The smallest absolute Gasteiger partial charge is 0.234 e. The van der Waals surface area contributed by atoms with Gasteiger partial charge in [0.05, 0.1) is 6.54 Å².